The highest BCUT2D eigenvalue weighted by atomic mass is 16.5. The monoisotopic (exact) mass is 333 g/mol. The van der Waals surface area contributed by atoms with Gasteiger partial charge in [-0.15, -0.1) is 0 Å². The Hall–Kier alpha value is -2.57. The van der Waals surface area contributed by atoms with E-state index in [9.17, 15) is 9.59 Å². The van der Waals surface area contributed by atoms with Crippen LogP contribution in [-0.2, 0) is 9.59 Å². The topological polar surface area (TPSA) is 121 Å². The van der Waals surface area contributed by atoms with Crippen molar-refractivity contribution in [3.8, 4) is 5.75 Å². The average molecular weight is 333 g/mol. The maximum absolute atomic E-state index is 12.5. The minimum atomic E-state index is -1.17. The third-order valence-electron chi connectivity index (χ3n) is 4.00. The molecule has 0 heterocycles. The van der Waals surface area contributed by atoms with Gasteiger partial charge in [0.1, 0.15) is 18.3 Å². The van der Waals surface area contributed by atoms with E-state index >= 15 is 0 Å². The summed E-state index contributed by atoms with van der Waals surface area (Å²) in [6.45, 7) is 3.75. The SMILES string of the molecule is C[NH+]=C(C(=O)NC(C)(C)C(N)=O)c1cc(OCC2CC2)ccc1N. The fourth-order valence-corrected chi connectivity index (χ4v) is 2.12. The second-order valence-corrected chi connectivity index (χ2v) is 6.57. The highest BCUT2D eigenvalue weighted by Crippen LogP contribution is 2.30. The summed E-state index contributed by atoms with van der Waals surface area (Å²) in [5, 5.41) is 2.60. The molecule has 7 heteroatoms. The molecule has 1 aromatic rings. The molecule has 2 amide bonds. The van der Waals surface area contributed by atoms with Crippen LogP contribution in [0.4, 0.5) is 5.69 Å². The van der Waals surface area contributed by atoms with E-state index < -0.39 is 17.4 Å². The molecule has 0 radical (unpaired) electrons. The molecule has 1 fully saturated rings. The van der Waals surface area contributed by atoms with Crippen molar-refractivity contribution >= 4 is 23.2 Å². The van der Waals surface area contributed by atoms with Gasteiger partial charge in [0, 0.05) is 5.69 Å². The molecule has 1 aliphatic rings. The standard InChI is InChI=1S/C17H24N4O3/c1-17(2,16(19)23)21-15(22)14(20-3)12-8-11(6-7-13(12)18)24-9-10-4-5-10/h6-8,10H,4-5,9,18H2,1-3H3,(H2,19,23)(H,21,22)/p+1. The first kappa shape index (κ1) is 17.8. The molecule has 24 heavy (non-hydrogen) atoms. The minimum absolute atomic E-state index is 0.249. The molecular formula is C17H25N4O3+. The molecule has 0 spiro atoms. The van der Waals surface area contributed by atoms with E-state index in [1.807, 2.05) is 0 Å². The fraction of sp³-hybridized carbons (Fsp3) is 0.471. The number of carbonyl (C=O) groups is 2. The molecule has 0 unspecified atom stereocenters. The summed E-state index contributed by atoms with van der Waals surface area (Å²) in [7, 11) is 1.61. The van der Waals surface area contributed by atoms with Gasteiger partial charge >= 0.3 is 5.91 Å². The zero-order valence-electron chi connectivity index (χ0n) is 14.3. The van der Waals surface area contributed by atoms with Crippen LogP contribution >= 0.6 is 0 Å². The zero-order valence-corrected chi connectivity index (χ0v) is 14.3. The van der Waals surface area contributed by atoms with Gasteiger partial charge in [-0.2, -0.15) is 0 Å². The molecule has 7 nitrogen and oxygen atoms in total. The summed E-state index contributed by atoms with van der Waals surface area (Å²) < 4.78 is 5.74. The Balaban J connectivity index is 2.20. The first-order valence-electron chi connectivity index (χ1n) is 7.94. The molecule has 6 N–H and O–H groups in total. The normalized spacial score (nSPS) is 15.0. The molecule has 1 saturated carbocycles. The molecule has 1 aromatic carbocycles. The van der Waals surface area contributed by atoms with Crippen molar-refractivity contribution in [3.63, 3.8) is 0 Å². The van der Waals surface area contributed by atoms with Gasteiger partial charge in [0.05, 0.1) is 12.2 Å². The van der Waals surface area contributed by atoms with Crippen LogP contribution < -0.4 is 26.5 Å². The Kier molecular flexibility index (Phi) is 5.11. The second-order valence-electron chi connectivity index (χ2n) is 6.57. The Labute approximate surface area is 141 Å². The summed E-state index contributed by atoms with van der Waals surface area (Å²) in [4.78, 5) is 26.8. The molecule has 0 aromatic heterocycles. The van der Waals surface area contributed by atoms with Gasteiger partial charge < -0.3 is 21.5 Å². The molecule has 2 rings (SSSR count). The first-order chi connectivity index (χ1) is 11.2. The Morgan fingerprint density at radius 1 is 1.38 bits per heavy atom. The minimum Gasteiger partial charge on any atom is -0.493 e. The lowest BCUT2D eigenvalue weighted by molar-refractivity contribution is -0.418. The van der Waals surface area contributed by atoms with Gasteiger partial charge in [-0.25, -0.2) is 4.99 Å². The maximum atomic E-state index is 12.5. The number of nitrogens with one attached hydrogen (secondary N) is 2. The molecule has 0 bridgehead atoms. The summed E-state index contributed by atoms with van der Waals surface area (Å²) in [6.07, 6.45) is 2.39. The van der Waals surface area contributed by atoms with Crippen molar-refractivity contribution in [2.24, 2.45) is 11.7 Å². The third kappa shape index (κ3) is 4.24. The quantitative estimate of drug-likeness (QED) is 0.375. The van der Waals surface area contributed by atoms with Gasteiger partial charge in [-0.1, -0.05) is 0 Å². The van der Waals surface area contributed by atoms with E-state index in [2.05, 4.69) is 10.3 Å². The molecule has 0 aliphatic heterocycles. The number of nitrogen functional groups attached to an aromatic ring is 1. The average Bonchev–Trinajstić information content (AvgIpc) is 3.32. The van der Waals surface area contributed by atoms with Crippen molar-refractivity contribution in [2.75, 3.05) is 19.4 Å². The van der Waals surface area contributed by atoms with Gasteiger partial charge in [-0.05, 0) is 50.8 Å². The van der Waals surface area contributed by atoms with Crippen LogP contribution in [0.25, 0.3) is 0 Å². The van der Waals surface area contributed by atoms with Gasteiger partial charge in [0.15, 0.2) is 0 Å². The van der Waals surface area contributed by atoms with E-state index in [0.717, 1.165) is 0 Å². The molecule has 130 valence electrons. The Bertz CT molecular complexity index is 678. The fourth-order valence-electron chi connectivity index (χ4n) is 2.12. The molecule has 0 atom stereocenters. The number of ether oxygens (including phenoxy) is 1. The summed E-state index contributed by atoms with van der Waals surface area (Å²) in [5.74, 6) is 0.187. The number of nitrogens with two attached hydrogens (primary N) is 2. The third-order valence-corrected chi connectivity index (χ3v) is 4.00. The van der Waals surface area contributed by atoms with Crippen molar-refractivity contribution in [1.82, 2.24) is 5.32 Å². The van der Waals surface area contributed by atoms with E-state index in [-0.39, 0.29) is 5.71 Å². The summed E-state index contributed by atoms with van der Waals surface area (Å²) in [5.41, 5.74) is 11.3. The Morgan fingerprint density at radius 3 is 2.58 bits per heavy atom. The smallest absolute Gasteiger partial charge is 0.317 e. The Morgan fingerprint density at radius 2 is 2.04 bits per heavy atom. The summed E-state index contributed by atoms with van der Waals surface area (Å²) in [6, 6.07) is 5.20. The van der Waals surface area contributed by atoms with Crippen molar-refractivity contribution in [3.05, 3.63) is 23.8 Å². The number of anilines is 1. The second kappa shape index (κ2) is 6.90. The van der Waals surface area contributed by atoms with Crippen molar-refractivity contribution in [2.45, 2.75) is 32.2 Å². The maximum Gasteiger partial charge on any atom is 0.317 e. The first-order valence-corrected chi connectivity index (χ1v) is 7.94. The molecule has 0 saturated heterocycles. The van der Waals surface area contributed by atoms with Crippen LogP contribution in [0.15, 0.2) is 18.2 Å². The largest absolute Gasteiger partial charge is 0.493 e. The van der Waals surface area contributed by atoms with Crippen LogP contribution in [0.1, 0.15) is 32.3 Å². The van der Waals surface area contributed by atoms with Crippen molar-refractivity contribution < 1.29 is 19.3 Å². The lowest BCUT2D eigenvalue weighted by Crippen LogP contribution is -2.73. The van der Waals surface area contributed by atoms with Crippen LogP contribution in [0, 0.1) is 5.92 Å². The number of rotatable bonds is 7. The van der Waals surface area contributed by atoms with Gasteiger partial charge in [0.25, 0.3) is 5.71 Å². The van der Waals surface area contributed by atoms with E-state index in [0.29, 0.717) is 29.5 Å². The lowest BCUT2D eigenvalue weighted by atomic mass is 10.0. The number of benzene rings is 1. The predicted octanol–water partition coefficient (Wildman–Crippen LogP) is -1.06. The highest BCUT2D eigenvalue weighted by Gasteiger charge is 2.32. The van der Waals surface area contributed by atoms with Crippen LogP contribution in [-0.4, -0.2) is 36.7 Å². The lowest BCUT2D eigenvalue weighted by Gasteiger charge is -2.21. The van der Waals surface area contributed by atoms with Crippen LogP contribution in [0.5, 0.6) is 5.75 Å². The highest BCUT2D eigenvalue weighted by molar-refractivity contribution is 6.44. The number of hydrogen-bond donors (Lipinski definition) is 4. The van der Waals surface area contributed by atoms with Crippen LogP contribution in [0.3, 0.4) is 0 Å². The van der Waals surface area contributed by atoms with Crippen LogP contribution in [0.2, 0.25) is 0 Å². The number of amides is 2. The van der Waals surface area contributed by atoms with E-state index in [1.165, 1.54) is 12.8 Å². The van der Waals surface area contributed by atoms with Gasteiger partial charge in [0.2, 0.25) is 5.91 Å². The van der Waals surface area contributed by atoms with Crippen molar-refractivity contribution in [1.29, 1.82) is 0 Å². The molecule has 1 aliphatic carbocycles. The predicted molar refractivity (Wildman–Crippen MR) is 91.5 cm³/mol. The van der Waals surface area contributed by atoms with Gasteiger partial charge in [-0.3, -0.25) is 9.59 Å². The number of carbonyl (C=O) groups excluding carboxylic acids is 2. The molecular weight excluding hydrogens is 308 g/mol. The number of primary amides is 1. The zero-order chi connectivity index (χ0) is 17.9. The van der Waals surface area contributed by atoms with E-state index in [1.54, 1.807) is 39.1 Å². The summed E-state index contributed by atoms with van der Waals surface area (Å²) >= 11 is 0. The number of hydrogen-bond acceptors (Lipinski definition) is 4. The van der Waals surface area contributed by atoms with E-state index in [4.69, 9.17) is 16.2 Å².